The molecule has 2 heterocycles. The average molecular weight is 375 g/mol. The van der Waals surface area contributed by atoms with Crippen molar-refractivity contribution in [2.45, 2.75) is 57.1 Å². The molecular formula is C20H26N2O3S. The first kappa shape index (κ1) is 18.9. The van der Waals surface area contributed by atoms with E-state index in [1.807, 2.05) is 45.0 Å². The van der Waals surface area contributed by atoms with E-state index in [2.05, 4.69) is 4.98 Å². The molecule has 140 valence electrons. The van der Waals surface area contributed by atoms with Gasteiger partial charge >= 0.3 is 0 Å². The summed E-state index contributed by atoms with van der Waals surface area (Å²) >= 11 is 0. The molecule has 1 aliphatic rings. The lowest BCUT2D eigenvalue weighted by atomic mass is 9.99. The van der Waals surface area contributed by atoms with Crippen LogP contribution in [0.1, 0.15) is 50.3 Å². The van der Waals surface area contributed by atoms with E-state index in [0.717, 1.165) is 30.4 Å². The standard InChI is InChI=1S/C20H26N2O3S/c1-15(2)25-20-12-9-17(14-21-20)19-6-4-5-13-22(19)26(23,24)18-10-7-16(3)8-11-18/h7-12,14-15,19H,4-6,13H2,1-3H3/t19-/m0/s1. The van der Waals surface area contributed by atoms with Crippen LogP contribution in [0.2, 0.25) is 0 Å². The normalized spacial score (nSPS) is 18.8. The first-order chi connectivity index (χ1) is 12.4. The summed E-state index contributed by atoms with van der Waals surface area (Å²) in [6.07, 6.45) is 4.49. The number of benzene rings is 1. The summed E-state index contributed by atoms with van der Waals surface area (Å²) in [5, 5.41) is 0. The second kappa shape index (κ2) is 7.76. The minimum Gasteiger partial charge on any atom is -0.475 e. The minimum atomic E-state index is -3.53. The molecule has 0 aliphatic carbocycles. The molecule has 5 nitrogen and oxygen atoms in total. The van der Waals surface area contributed by atoms with Crippen molar-refractivity contribution < 1.29 is 13.2 Å². The molecule has 1 aromatic carbocycles. The lowest BCUT2D eigenvalue weighted by molar-refractivity contribution is 0.231. The summed E-state index contributed by atoms with van der Waals surface area (Å²) in [6.45, 7) is 6.39. The zero-order chi connectivity index (χ0) is 18.7. The average Bonchev–Trinajstić information content (AvgIpc) is 2.62. The van der Waals surface area contributed by atoms with Gasteiger partial charge in [-0.2, -0.15) is 4.31 Å². The van der Waals surface area contributed by atoms with Crippen molar-refractivity contribution in [1.82, 2.24) is 9.29 Å². The molecule has 0 radical (unpaired) electrons. The molecule has 1 atom stereocenters. The highest BCUT2D eigenvalue weighted by Gasteiger charge is 2.34. The van der Waals surface area contributed by atoms with Crippen molar-refractivity contribution in [3.63, 3.8) is 0 Å². The van der Waals surface area contributed by atoms with Crippen molar-refractivity contribution in [2.75, 3.05) is 6.54 Å². The molecule has 0 N–H and O–H groups in total. The van der Waals surface area contributed by atoms with Gasteiger partial charge in [0.1, 0.15) is 0 Å². The molecule has 0 spiro atoms. The van der Waals surface area contributed by atoms with Crippen LogP contribution in [0.4, 0.5) is 0 Å². The Labute approximate surface area is 156 Å². The molecule has 0 bridgehead atoms. The third kappa shape index (κ3) is 4.07. The van der Waals surface area contributed by atoms with Gasteiger partial charge in [0.25, 0.3) is 0 Å². The fraction of sp³-hybridized carbons (Fsp3) is 0.450. The Bertz CT molecular complexity index is 830. The highest BCUT2D eigenvalue weighted by atomic mass is 32.2. The van der Waals surface area contributed by atoms with Gasteiger partial charge in [0.15, 0.2) is 0 Å². The van der Waals surface area contributed by atoms with E-state index in [1.165, 1.54) is 0 Å². The summed E-state index contributed by atoms with van der Waals surface area (Å²) in [7, 11) is -3.53. The molecule has 2 aromatic rings. The van der Waals surface area contributed by atoms with E-state index in [-0.39, 0.29) is 12.1 Å². The number of rotatable bonds is 5. The van der Waals surface area contributed by atoms with Crippen molar-refractivity contribution in [1.29, 1.82) is 0 Å². The fourth-order valence-corrected chi connectivity index (χ4v) is 4.95. The third-order valence-corrected chi connectivity index (χ3v) is 6.50. The second-order valence-corrected chi connectivity index (χ2v) is 8.93. The summed E-state index contributed by atoms with van der Waals surface area (Å²) in [6, 6.07) is 10.6. The Morgan fingerprint density at radius 1 is 1.12 bits per heavy atom. The van der Waals surface area contributed by atoms with Gasteiger partial charge in [-0.3, -0.25) is 0 Å². The number of nitrogens with zero attached hydrogens (tertiary/aromatic N) is 2. The van der Waals surface area contributed by atoms with Gasteiger partial charge in [-0.05, 0) is 51.3 Å². The largest absolute Gasteiger partial charge is 0.475 e. The Morgan fingerprint density at radius 3 is 2.46 bits per heavy atom. The van der Waals surface area contributed by atoms with Crippen LogP contribution in [0.15, 0.2) is 47.5 Å². The van der Waals surface area contributed by atoms with Crippen molar-refractivity contribution in [2.24, 2.45) is 0 Å². The van der Waals surface area contributed by atoms with E-state index in [4.69, 9.17) is 4.74 Å². The molecule has 6 heteroatoms. The molecular weight excluding hydrogens is 348 g/mol. The van der Waals surface area contributed by atoms with Gasteiger partial charge in [-0.15, -0.1) is 0 Å². The predicted molar refractivity (Wildman–Crippen MR) is 102 cm³/mol. The van der Waals surface area contributed by atoms with E-state index in [9.17, 15) is 8.42 Å². The van der Waals surface area contributed by atoms with Crippen molar-refractivity contribution in [3.05, 3.63) is 53.7 Å². The number of hydrogen-bond donors (Lipinski definition) is 0. The summed E-state index contributed by atoms with van der Waals surface area (Å²) in [5.41, 5.74) is 1.96. The van der Waals surface area contributed by atoms with Crippen LogP contribution in [0.25, 0.3) is 0 Å². The Balaban J connectivity index is 1.89. The number of pyridine rings is 1. The Hall–Kier alpha value is -1.92. The van der Waals surface area contributed by atoms with E-state index in [0.29, 0.717) is 17.3 Å². The highest BCUT2D eigenvalue weighted by molar-refractivity contribution is 7.89. The molecule has 3 rings (SSSR count). The molecule has 0 saturated carbocycles. The molecule has 0 unspecified atom stereocenters. The van der Waals surface area contributed by atoms with Gasteiger partial charge in [0.05, 0.1) is 17.0 Å². The van der Waals surface area contributed by atoms with Crippen LogP contribution in [0.5, 0.6) is 5.88 Å². The summed E-state index contributed by atoms with van der Waals surface area (Å²) in [4.78, 5) is 4.70. The second-order valence-electron chi connectivity index (χ2n) is 7.04. The summed E-state index contributed by atoms with van der Waals surface area (Å²) < 4.78 is 33.6. The Kier molecular flexibility index (Phi) is 5.63. The van der Waals surface area contributed by atoms with Crippen LogP contribution in [-0.2, 0) is 10.0 Å². The lowest BCUT2D eigenvalue weighted by Gasteiger charge is -2.34. The van der Waals surface area contributed by atoms with E-state index in [1.54, 1.807) is 22.6 Å². The first-order valence-electron chi connectivity index (χ1n) is 9.09. The topological polar surface area (TPSA) is 59.5 Å². The van der Waals surface area contributed by atoms with Crippen molar-refractivity contribution in [3.8, 4) is 5.88 Å². The van der Waals surface area contributed by atoms with Crippen LogP contribution >= 0.6 is 0 Å². The van der Waals surface area contributed by atoms with Gasteiger partial charge in [0.2, 0.25) is 15.9 Å². The molecule has 1 fully saturated rings. The number of hydrogen-bond acceptors (Lipinski definition) is 4. The zero-order valence-electron chi connectivity index (χ0n) is 15.6. The first-order valence-corrected chi connectivity index (χ1v) is 10.5. The maximum absolute atomic E-state index is 13.2. The Morgan fingerprint density at radius 2 is 1.85 bits per heavy atom. The van der Waals surface area contributed by atoms with Crippen molar-refractivity contribution >= 4 is 10.0 Å². The lowest BCUT2D eigenvalue weighted by Crippen LogP contribution is -2.38. The quantitative estimate of drug-likeness (QED) is 0.791. The highest BCUT2D eigenvalue weighted by Crippen LogP contribution is 2.35. The van der Waals surface area contributed by atoms with Gasteiger partial charge in [-0.1, -0.05) is 30.2 Å². The SMILES string of the molecule is Cc1ccc(S(=O)(=O)N2CCCC[C@H]2c2ccc(OC(C)C)nc2)cc1. The number of sulfonamides is 1. The van der Waals surface area contributed by atoms with E-state index >= 15 is 0 Å². The van der Waals surface area contributed by atoms with Gasteiger partial charge < -0.3 is 4.74 Å². The number of aryl methyl sites for hydroxylation is 1. The monoisotopic (exact) mass is 374 g/mol. The zero-order valence-corrected chi connectivity index (χ0v) is 16.4. The molecule has 1 aromatic heterocycles. The van der Waals surface area contributed by atoms with Gasteiger partial charge in [0, 0.05) is 18.8 Å². The maximum Gasteiger partial charge on any atom is 0.243 e. The number of piperidine rings is 1. The van der Waals surface area contributed by atoms with Crippen LogP contribution < -0.4 is 4.74 Å². The van der Waals surface area contributed by atoms with Gasteiger partial charge in [-0.25, -0.2) is 13.4 Å². The van der Waals surface area contributed by atoms with Crippen LogP contribution in [0.3, 0.4) is 0 Å². The fourth-order valence-electron chi connectivity index (χ4n) is 3.27. The minimum absolute atomic E-state index is 0.0569. The van der Waals surface area contributed by atoms with Crippen LogP contribution in [-0.4, -0.2) is 30.4 Å². The van der Waals surface area contributed by atoms with E-state index < -0.39 is 10.0 Å². The molecule has 1 aliphatic heterocycles. The maximum atomic E-state index is 13.2. The third-order valence-electron chi connectivity index (χ3n) is 4.58. The van der Waals surface area contributed by atoms with Crippen LogP contribution in [0, 0.1) is 6.92 Å². The molecule has 26 heavy (non-hydrogen) atoms. The number of aromatic nitrogens is 1. The summed E-state index contributed by atoms with van der Waals surface area (Å²) in [5.74, 6) is 0.563. The molecule has 0 amide bonds. The molecule has 1 saturated heterocycles. The smallest absolute Gasteiger partial charge is 0.243 e. The number of ether oxygens (including phenoxy) is 1. The predicted octanol–water partition coefficient (Wildman–Crippen LogP) is 4.09.